The van der Waals surface area contributed by atoms with Crippen molar-refractivity contribution in [3.05, 3.63) is 28.8 Å². The molecule has 1 fully saturated rings. The molecule has 106 valence electrons. The van der Waals surface area contributed by atoms with Crippen LogP contribution in [0.4, 0.5) is 0 Å². The van der Waals surface area contributed by atoms with E-state index in [0.29, 0.717) is 11.8 Å². The van der Waals surface area contributed by atoms with Crippen LogP contribution < -0.4 is 0 Å². The van der Waals surface area contributed by atoms with Crippen LogP contribution in [0, 0.1) is 5.92 Å². The molecule has 1 aromatic heterocycles. The molecule has 20 heavy (non-hydrogen) atoms. The number of aliphatic carboxylic acids is 1. The molecule has 1 atom stereocenters. The number of hydrogen-bond acceptors (Lipinski definition) is 3. The molecule has 1 saturated carbocycles. The summed E-state index contributed by atoms with van der Waals surface area (Å²) in [5.74, 6) is 0.464. The topological polar surface area (TPSA) is 50.2 Å². The van der Waals surface area contributed by atoms with Gasteiger partial charge in [-0.1, -0.05) is 19.9 Å². The highest BCUT2D eigenvalue weighted by atomic mass is 32.1. The Balaban J connectivity index is 1.95. The second kappa shape index (κ2) is 5.17. The third-order valence-electron chi connectivity index (χ3n) is 3.94. The molecule has 1 aliphatic carbocycles. The van der Waals surface area contributed by atoms with Crippen molar-refractivity contribution in [2.75, 3.05) is 0 Å². The predicted molar refractivity (Wildman–Crippen MR) is 81.4 cm³/mol. The minimum Gasteiger partial charge on any atom is -0.481 e. The lowest BCUT2D eigenvalue weighted by atomic mass is 9.91. The third-order valence-corrected chi connectivity index (χ3v) is 5.26. The Bertz CT molecular complexity index is 643. The lowest BCUT2D eigenvalue weighted by Crippen LogP contribution is -2.08. The molecule has 0 amide bonds. The summed E-state index contributed by atoms with van der Waals surface area (Å²) in [6.45, 7) is 4.30. The molecule has 1 heterocycles. The standard InChI is InChI=1S/C16H19NO2S/c1-9(2)16-17-13-6-5-11(7-14(13)20-16)12(8-15(18)19)10-3-4-10/h5-7,9-10,12H,3-4,8H2,1-2H3,(H,18,19). The number of hydrogen-bond donors (Lipinski definition) is 1. The lowest BCUT2D eigenvalue weighted by Gasteiger charge is -2.14. The van der Waals surface area contributed by atoms with E-state index in [-0.39, 0.29) is 12.3 Å². The number of rotatable bonds is 5. The molecule has 2 aromatic rings. The summed E-state index contributed by atoms with van der Waals surface area (Å²) in [4.78, 5) is 15.7. The highest BCUT2D eigenvalue weighted by Crippen LogP contribution is 2.45. The maximum Gasteiger partial charge on any atom is 0.303 e. The van der Waals surface area contributed by atoms with Gasteiger partial charge < -0.3 is 5.11 Å². The van der Waals surface area contributed by atoms with Crippen molar-refractivity contribution < 1.29 is 9.90 Å². The Labute approximate surface area is 122 Å². The Kier molecular flexibility index (Phi) is 3.50. The molecule has 0 bridgehead atoms. The largest absolute Gasteiger partial charge is 0.481 e. The van der Waals surface area contributed by atoms with Crippen LogP contribution in [0.15, 0.2) is 18.2 Å². The highest BCUT2D eigenvalue weighted by molar-refractivity contribution is 7.18. The van der Waals surface area contributed by atoms with Gasteiger partial charge in [0.1, 0.15) is 0 Å². The molecule has 3 nitrogen and oxygen atoms in total. The molecule has 0 radical (unpaired) electrons. The molecule has 0 saturated heterocycles. The number of carboxylic acid groups (broad SMARTS) is 1. The van der Waals surface area contributed by atoms with E-state index >= 15 is 0 Å². The molecule has 0 aliphatic heterocycles. The normalized spacial score (nSPS) is 16.8. The first-order valence-electron chi connectivity index (χ1n) is 7.16. The second-order valence-electron chi connectivity index (χ2n) is 5.98. The predicted octanol–water partition coefficient (Wildman–Crippen LogP) is 4.39. The van der Waals surface area contributed by atoms with E-state index in [0.717, 1.165) is 23.4 Å². The van der Waals surface area contributed by atoms with Gasteiger partial charge in [-0.15, -0.1) is 11.3 Å². The molecule has 1 N–H and O–H groups in total. The summed E-state index contributed by atoms with van der Waals surface area (Å²) in [5, 5.41) is 10.3. The minimum atomic E-state index is -0.700. The highest BCUT2D eigenvalue weighted by Gasteiger charge is 2.33. The molecule has 3 rings (SSSR count). The van der Waals surface area contributed by atoms with Gasteiger partial charge in [0.15, 0.2) is 0 Å². The van der Waals surface area contributed by atoms with Crippen molar-refractivity contribution >= 4 is 27.5 Å². The third kappa shape index (κ3) is 2.70. The first kappa shape index (κ1) is 13.6. The van der Waals surface area contributed by atoms with E-state index in [9.17, 15) is 4.79 Å². The van der Waals surface area contributed by atoms with Gasteiger partial charge in [-0.25, -0.2) is 4.98 Å². The van der Waals surface area contributed by atoms with Crippen LogP contribution in [-0.4, -0.2) is 16.1 Å². The van der Waals surface area contributed by atoms with Crippen molar-refractivity contribution in [1.29, 1.82) is 0 Å². The molecular formula is C16H19NO2S. The lowest BCUT2D eigenvalue weighted by molar-refractivity contribution is -0.137. The Morgan fingerprint density at radius 2 is 2.20 bits per heavy atom. The van der Waals surface area contributed by atoms with Crippen molar-refractivity contribution in [1.82, 2.24) is 4.98 Å². The average molecular weight is 289 g/mol. The zero-order valence-electron chi connectivity index (χ0n) is 11.8. The average Bonchev–Trinajstić information content (AvgIpc) is 3.13. The zero-order valence-corrected chi connectivity index (χ0v) is 12.6. The number of nitrogens with zero attached hydrogens (tertiary/aromatic N) is 1. The van der Waals surface area contributed by atoms with Gasteiger partial charge in [0.05, 0.1) is 21.6 Å². The van der Waals surface area contributed by atoms with Gasteiger partial charge in [-0.2, -0.15) is 0 Å². The van der Waals surface area contributed by atoms with E-state index in [1.165, 1.54) is 10.3 Å². The van der Waals surface area contributed by atoms with Gasteiger partial charge in [-0.3, -0.25) is 4.79 Å². The van der Waals surface area contributed by atoms with E-state index in [4.69, 9.17) is 5.11 Å². The Morgan fingerprint density at radius 1 is 1.45 bits per heavy atom. The van der Waals surface area contributed by atoms with Crippen molar-refractivity contribution in [3.63, 3.8) is 0 Å². The molecular weight excluding hydrogens is 270 g/mol. The maximum atomic E-state index is 11.1. The second-order valence-corrected chi connectivity index (χ2v) is 7.04. The van der Waals surface area contributed by atoms with Crippen molar-refractivity contribution in [2.45, 2.75) is 44.9 Å². The van der Waals surface area contributed by atoms with Crippen molar-refractivity contribution in [3.8, 4) is 0 Å². The quantitative estimate of drug-likeness (QED) is 0.888. The molecule has 1 unspecified atom stereocenters. The summed E-state index contributed by atoms with van der Waals surface area (Å²) < 4.78 is 1.18. The summed E-state index contributed by atoms with van der Waals surface area (Å²) in [7, 11) is 0. The summed E-state index contributed by atoms with van der Waals surface area (Å²) in [6.07, 6.45) is 2.57. The molecule has 1 aromatic carbocycles. The van der Waals surface area contributed by atoms with E-state index < -0.39 is 5.97 Å². The van der Waals surface area contributed by atoms with Crippen LogP contribution in [0.1, 0.15) is 55.5 Å². The molecule has 0 spiro atoms. The number of carbonyl (C=O) groups is 1. The van der Waals surface area contributed by atoms with E-state index in [2.05, 4.69) is 31.0 Å². The monoisotopic (exact) mass is 289 g/mol. The SMILES string of the molecule is CC(C)c1nc2ccc(C(CC(=O)O)C3CC3)cc2s1. The van der Waals surface area contributed by atoms with Gasteiger partial charge in [-0.05, 0) is 42.4 Å². The van der Waals surface area contributed by atoms with Crippen LogP contribution in [-0.2, 0) is 4.79 Å². The van der Waals surface area contributed by atoms with E-state index in [1.54, 1.807) is 11.3 Å². The van der Waals surface area contributed by atoms with Crippen molar-refractivity contribution in [2.24, 2.45) is 5.92 Å². The smallest absolute Gasteiger partial charge is 0.303 e. The minimum absolute atomic E-state index is 0.168. The Morgan fingerprint density at radius 3 is 2.80 bits per heavy atom. The fourth-order valence-corrected chi connectivity index (χ4v) is 3.70. The van der Waals surface area contributed by atoms with Gasteiger partial charge in [0, 0.05) is 5.92 Å². The first-order valence-corrected chi connectivity index (χ1v) is 7.98. The number of fused-ring (bicyclic) bond motifs is 1. The molecule has 4 heteroatoms. The summed E-state index contributed by atoms with van der Waals surface area (Å²) >= 11 is 1.73. The number of thiazole rings is 1. The van der Waals surface area contributed by atoms with Crippen LogP contribution in [0.3, 0.4) is 0 Å². The van der Waals surface area contributed by atoms with Crippen LogP contribution in [0.2, 0.25) is 0 Å². The fourth-order valence-electron chi connectivity index (χ4n) is 2.68. The van der Waals surface area contributed by atoms with E-state index in [1.807, 2.05) is 6.07 Å². The zero-order chi connectivity index (χ0) is 14.3. The molecule has 1 aliphatic rings. The number of benzene rings is 1. The van der Waals surface area contributed by atoms with Gasteiger partial charge in [0.25, 0.3) is 0 Å². The fraction of sp³-hybridized carbons (Fsp3) is 0.500. The summed E-state index contributed by atoms with van der Waals surface area (Å²) in [5.41, 5.74) is 2.20. The first-order chi connectivity index (χ1) is 9.54. The number of carboxylic acids is 1. The van der Waals surface area contributed by atoms with Gasteiger partial charge >= 0.3 is 5.97 Å². The number of aromatic nitrogens is 1. The van der Waals surface area contributed by atoms with Crippen LogP contribution in [0.25, 0.3) is 10.2 Å². The maximum absolute atomic E-state index is 11.1. The Hall–Kier alpha value is -1.42. The van der Waals surface area contributed by atoms with Gasteiger partial charge in [0.2, 0.25) is 0 Å². The summed E-state index contributed by atoms with van der Waals surface area (Å²) in [6, 6.07) is 6.27. The van der Waals surface area contributed by atoms with Crippen LogP contribution in [0.5, 0.6) is 0 Å². The van der Waals surface area contributed by atoms with Crippen LogP contribution >= 0.6 is 11.3 Å².